The van der Waals surface area contributed by atoms with Gasteiger partial charge in [-0.05, 0) is 42.4 Å². The lowest BCUT2D eigenvalue weighted by molar-refractivity contribution is 0.102. The molecule has 2 aromatic heterocycles. The van der Waals surface area contributed by atoms with Gasteiger partial charge in [0, 0.05) is 30.8 Å². The van der Waals surface area contributed by atoms with Crippen LogP contribution < -0.4 is 10.2 Å². The maximum absolute atomic E-state index is 12.7. The molecule has 0 bridgehead atoms. The topological polar surface area (TPSA) is 62.5 Å². The van der Waals surface area contributed by atoms with Gasteiger partial charge in [-0.25, -0.2) is 4.98 Å². The molecule has 1 saturated heterocycles. The van der Waals surface area contributed by atoms with Crippen molar-refractivity contribution in [1.82, 2.24) is 14.6 Å². The van der Waals surface area contributed by atoms with Gasteiger partial charge in [0.05, 0.1) is 6.20 Å². The van der Waals surface area contributed by atoms with E-state index in [1.165, 1.54) is 24.8 Å². The highest BCUT2D eigenvalue weighted by Gasteiger charge is 2.18. The average molecular weight is 377 g/mol. The number of amides is 1. The molecular formula is C22H27N5O. The number of piperidine rings is 1. The summed E-state index contributed by atoms with van der Waals surface area (Å²) >= 11 is 0. The second-order valence-electron chi connectivity index (χ2n) is 8.43. The lowest BCUT2D eigenvalue weighted by Crippen LogP contribution is -2.31. The van der Waals surface area contributed by atoms with Crippen molar-refractivity contribution in [2.45, 2.75) is 45.4 Å². The molecule has 0 radical (unpaired) electrons. The molecule has 0 saturated carbocycles. The fraction of sp³-hybridized carbons (Fsp3) is 0.409. The van der Waals surface area contributed by atoms with Crippen LogP contribution in [0.2, 0.25) is 0 Å². The van der Waals surface area contributed by atoms with E-state index in [0.29, 0.717) is 11.4 Å². The molecule has 0 spiro atoms. The third kappa shape index (κ3) is 3.72. The Bertz CT molecular complexity index is 978. The first-order chi connectivity index (χ1) is 13.4. The Morgan fingerprint density at radius 1 is 1.04 bits per heavy atom. The minimum absolute atomic E-state index is 0.0624. The monoisotopic (exact) mass is 377 g/mol. The van der Waals surface area contributed by atoms with E-state index in [-0.39, 0.29) is 11.3 Å². The zero-order valence-corrected chi connectivity index (χ0v) is 16.8. The van der Waals surface area contributed by atoms with Crippen LogP contribution in [-0.2, 0) is 5.41 Å². The molecule has 28 heavy (non-hydrogen) atoms. The molecule has 0 atom stereocenters. The van der Waals surface area contributed by atoms with Crippen LogP contribution in [0.15, 0.2) is 42.6 Å². The van der Waals surface area contributed by atoms with Crippen LogP contribution in [0.5, 0.6) is 0 Å². The Morgan fingerprint density at radius 3 is 2.43 bits per heavy atom. The molecule has 3 aromatic rings. The van der Waals surface area contributed by atoms with E-state index in [0.717, 1.165) is 24.6 Å². The Kier molecular flexibility index (Phi) is 4.79. The summed E-state index contributed by atoms with van der Waals surface area (Å²) in [6, 6.07) is 11.6. The van der Waals surface area contributed by atoms with Crippen molar-refractivity contribution in [2.24, 2.45) is 0 Å². The molecule has 0 aliphatic carbocycles. The predicted molar refractivity (Wildman–Crippen MR) is 112 cm³/mol. The number of hydrogen-bond donors (Lipinski definition) is 1. The number of fused-ring (bicyclic) bond motifs is 1. The lowest BCUT2D eigenvalue weighted by atomic mass is 9.87. The van der Waals surface area contributed by atoms with Crippen LogP contribution in [0.25, 0.3) is 5.65 Å². The van der Waals surface area contributed by atoms with Crippen LogP contribution in [0.3, 0.4) is 0 Å². The molecule has 146 valence electrons. The largest absolute Gasteiger partial charge is 0.356 e. The molecule has 4 rings (SSSR count). The molecule has 1 N–H and O–H groups in total. The van der Waals surface area contributed by atoms with Crippen molar-refractivity contribution >= 4 is 23.2 Å². The highest BCUT2D eigenvalue weighted by Crippen LogP contribution is 2.25. The number of carbonyl (C=O) groups is 1. The zero-order valence-electron chi connectivity index (χ0n) is 16.8. The number of nitrogens with one attached hydrogen (secondary N) is 1. The predicted octanol–water partition coefficient (Wildman–Crippen LogP) is 4.27. The van der Waals surface area contributed by atoms with Gasteiger partial charge in [-0.15, -0.1) is 0 Å². The quantitative estimate of drug-likeness (QED) is 0.740. The Labute approximate surface area is 165 Å². The minimum Gasteiger partial charge on any atom is -0.356 e. The highest BCUT2D eigenvalue weighted by atomic mass is 16.1. The Morgan fingerprint density at radius 2 is 1.75 bits per heavy atom. The van der Waals surface area contributed by atoms with Crippen molar-refractivity contribution in [2.75, 3.05) is 23.3 Å². The first-order valence-electron chi connectivity index (χ1n) is 9.93. The molecule has 3 heterocycles. The maximum atomic E-state index is 12.7. The van der Waals surface area contributed by atoms with Gasteiger partial charge < -0.3 is 10.2 Å². The normalized spacial score (nSPS) is 15.0. The number of nitrogens with zero attached hydrogens (tertiary/aromatic N) is 4. The van der Waals surface area contributed by atoms with Crippen molar-refractivity contribution in [3.63, 3.8) is 0 Å². The number of carbonyl (C=O) groups excluding carboxylic acids is 1. The van der Waals surface area contributed by atoms with Gasteiger partial charge in [-0.1, -0.05) is 32.9 Å². The summed E-state index contributed by atoms with van der Waals surface area (Å²) in [6.45, 7) is 8.49. The van der Waals surface area contributed by atoms with E-state index in [4.69, 9.17) is 0 Å². The average Bonchev–Trinajstić information content (AvgIpc) is 3.16. The van der Waals surface area contributed by atoms with Crippen LogP contribution in [0.4, 0.5) is 11.6 Å². The van der Waals surface area contributed by atoms with Crippen LogP contribution in [0, 0.1) is 0 Å². The number of rotatable bonds is 3. The van der Waals surface area contributed by atoms with E-state index in [1.54, 1.807) is 6.20 Å². The van der Waals surface area contributed by atoms with Gasteiger partial charge in [0.15, 0.2) is 5.65 Å². The first-order valence-corrected chi connectivity index (χ1v) is 9.93. The van der Waals surface area contributed by atoms with E-state index in [1.807, 2.05) is 40.9 Å². The van der Waals surface area contributed by atoms with E-state index < -0.39 is 0 Å². The van der Waals surface area contributed by atoms with Crippen molar-refractivity contribution in [1.29, 1.82) is 0 Å². The minimum atomic E-state index is -0.151. The Balaban J connectivity index is 1.59. The van der Waals surface area contributed by atoms with E-state index >= 15 is 0 Å². The number of benzene rings is 1. The third-order valence-corrected chi connectivity index (χ3v) is 5.28. The number of aromatic nitrogens is 3. The molecule has 1 aromatic carbocycles. The number of anilines is 2. The van der Waals surface area contributed by atoms with Crippen molar-refractivity contribution in [3.05, 3.63) is 53.7 Å². The first kappa shape index (κ1) is 18.5. The fourth-order valence-corrected chi connectivity index (χ4v) is 3.62. The van der Waals surface area contributed by atoms with Gasteiger partial charge in [0.1, 0.15) is 11.6 Å². The highest BCUT2D eigenvalue weighted by molar-refractivity contribution is 6.04. The molecule has 1 fully saturated rings. The van der Waals surface area contributed by atoms with Gasteiger partial charge in [0.25, 0.3) is 5.91 Å². The molecule has 1 aliphatic rings. The summed E-state index contributed by atoms with van der Waals surface area (Å²) in [5.74, 6) is 1.38. The number of hydrogen-bond acceptors (Lipinski definition) is 4. The van der Waals surface area contributed by atoms with Gasteiger partial charge in [-0.3, -0.25) is 4.79 Å². The SMILES string of the molecule is CC(C)(C)c1ccc(C(=O)Nc2cc(N3CCCCC3)n3nccc3n2)cc1. The molecule has 6 nitrogen and oxygen atoms in total. The van der Waals surface area contributed by atoms with Crippen LogP contribution in [0.1, 0.15) is 56.0 Å². The van der Waals surface area contributed by atoms with Crippen molar-refractivity contribution < 1.29 is 4.79 Å². The summed E-state index contributed by atoms with van der Waals surface area (Å²) in [5, 5.41) is 7.36. The summed E-state index contributed by atoms with van der Waals surface area (Å²) < 4.78 is 1.85. The molecular weight excluding hydrogens is 350 g/mol. The summed E-state index contributed by atoms with van der Waals surface area (Å²) in [4.78, 5) is 19.6. The molecule has 6 heteroatoms. The van der Waals surface area contributed by atoms with E-state index in [9.17, 15) is 4.79 Å². The van der Waals surface area contributed by atoms with Gasteiger partial charge >= 0.3 is 0 Å². The van der Waals surface area contributed by atoms with E-state index in [2.05, 4.69) is 41.1 Å². The fourth-order valence-electron chi connectivity index (χ4n) is 3.62. The standard InChI is InChI=1S/C22H27N5O/c1-22(2,3)17-9-7-16(8-10-17)21(28)25-18-15-20(26-13-5-4-6-14-26)27-19(24-18)11-12-23-27/h7-12,15H,4-6,13-14H2,1-3H3,(H,24,25,28). The van der Waals surface area contributed by atoms with Crippen LogP contribution in [-0.4, -0.2) is 33.6 Å². The Hall–Kier alpha value is -2.89. The smallest absolute Gasteiger partial charge is 0.256 e. The summed E-state index contributed by atoms with van der Waals surface area (Å²) in [7, 11) is 0. The lowest BCUT2D eigenvalue weighted by Gasteiger charge is -2.29. The maximum Gasteiger partial charge on any atom is 0.256 e. The molecule has 1 amide bonds. The molecule has 1 aliphatic heterocycles. The zero-order chi connectivity index (χ0) is 19.7. The second-order valence-corrected chi connectivity index (χ2v) is 8.43. The van der Waals surface area contributed by atoms with Crippen molar-refractivity contribution in [3.8, 4) is 0 Å². The van der Waals surface area contributed by atoms with Gasteiger partial charge in [-0.2, -0.15) is 9.61 Å². The van der Waals surface area contributed by atoms with Gasteiger partial charge in [0.2, 0.25) is 0 Å². The second kappa shape index (κ2) is 7.26. The third-order valence-electron chi connectivity index (χ3n) is 5.28. The summed E-state index contributed by atoms with van der Waals surface area (Å²) in [6.07, 6.45) is 5.35. The molecule has 0 unspecified atom stereocenters. The summed E-state index contributed by atoms with van der Waals surface area (Å²) in [5.41, 5.74) is 2.63. The van der Waals surface area contributed by atoms with Crippen LogP contribution >= 0.6 is 0 Å².